The van der Waals surface area contributed by atoms with Gasteiger partial charge in [0.15, 0.2) is 0 Å². The standard InChI is InChI=1S/C19H24N2O3S3/c1-20(14-15-5-7-17(25-2)8-6-15)19(22)16-9-11-21(12-10-16)27(23,24)18-4-3-13-26-18/h3-8,13,16H,9-12,14H2,1-2H3. The van der Waals surface area contributed by atoms with Gasteiger partial charge >= 0.3 is 0 Å². The second kappa shape index (κ2) is 8.77. The minimum atomic E-state index is -3.42. The van der Waals surface area contributed by atoms with E-state index in [2.05, 4.69) is 12.1 Å². The first-order valence-corrected chi connectivity index (χ1v) is 12.4. The second-order valence-electron chi connectivity index (χ2n) is 6.65. The summed E-state index contributed by atoms with van der Waals surface area (Å²) in [6.07, 6.45) is 3.17. The van der Waals surface area contributed by atoms with Crippen molar-refractivity contribution in [3.63, 3.8) is 0 Å². The van der Waals surface area contributed by atoms with Crippen molar-refractivity contribution >= 4 is 39.0 Å². The highest BCUT2D eigenvalue weighted by atomic mass is 32.2. The topological polar surface area (TPSA) is 57.7 Å². The van der Waals surface area contributed by atoms with Crippen LogP contribution in [0, 0.1) is 5.92 Å². The lowest BCUT2D eigenvalue weighted by atomic mass is 9.96. The predicted octanol–water partition coefficient (Wildman–Crippen LogP) is 3.53. The molecular formula is C19H24N2O3S3. The summed E-state index contributed by atoms with van der Waals surface area (Å²) in [6, 6.07) is 11.6. The average molecular weight is 425 g/mol. The number of hydrogen-bond donors (Lipinski definition) is 0. The smallest absolute Gasteiger partial charge is 0.252 e. The van der Waals surface area contributed by atoms with E-state index in [-0.39, 0.29) is 11.8 Å². The van der Waals surface area contributed by atoms with Crippen molar-refractivity contribution in [2.45, 2.75) is 28.5 Å². The highest BCUT2D eigenvalue weighted by Gasteiger charge is 2.33. The zero-order valence-electron chi connectivity index (χ0n) is 15.5. The third-order valence-corrected chi connectivity index (χ3v) is 8.86. The number of amides is 1. The lowest BCUT2D eigenvalue weighted by Crippen LogP contribution is -2.43. The molecule has 1 fully saturated rings. The van der Waals surface area contributed by atoms with E-state index in [4.69, 9.17) is 0 Å². The molecule has 1 aliphatic rings. The van der Waals surface area contributed by atoms with E-state index in [0.29, 0.717) is 36.7 Å². The van der Waals surface area contributed by atoms with Crippen molar-refractivity contribution in [1.29, 1.82) is 0 Å². The maximum absolute atomic E-state index is 12.8. The van der Waals surface area contributed by atoms with E-state index >= 15 is 0 Å². The number of carbonyl (C=O) groups excluding carboxylic acids is 1. The summed E-state index contributed by atoms with van der Waals surface area (Å²) in [6.45, 7) is 1.36. The van der Waals surface area contributed by atoms with Gasteiger partial charge in [0, 0.05) is 37.5 Å². The molecule has 146 valence electrons. The molecule has 2 aromatic rings. The van der Waals surface area contributed by atoms with Crippen LogP contribution in [0.25, 0.3) is 0 Å². The van der Waals surface area contributed by atoms with Gasteiger partial charge in [-0.15, -0.1) is 23.1 Å². The Morgan fingerprint density at radius 3 is 2.44 bits per heavy atom. The Hall–Kier alpha value is -1.35. The van der Waals surface area contributed by atoms with E-state index in [1.54, 1.807) is 34.2 Å². The summed E-state index contributed by atoms with van der Waals surface area (Å²) in [5.41, 5.74) is 1.10. The summed E-state index contributed by atoms with van der Waals surface area (Å²) in [5, 5.41) is 1.77. The van der Waals surface area contributed by atoms with Crippen molar-refractivity contribution in [2.75, 3.05) is 26.4 Å². The number of benzene rings is 1. The van der Waals surface area contributed by atoms with E-state index in [1.165, 1.54) is 20.5 Å². The molecule has 0 saturated carbocycles. The molecule has 0 radical (unpaired) electrons. The van der Waals surface area contributed by atoms with Crippen LogP contribution in [0.2, 0.25) is 0 Å². The Balaban J connectivity index is 1.56. The van der Waals surface area contributed by atoms with Crippen LogP contribution >= 0.6 is 23.1 Å². The van der Waals surface area contributed by atoms with Crippen LogP contribution in [0.1, 0.15) is 18.4 Å². The summed E-state index contributed by atoms with van der Waals surface area (Å²) in [5.74, 6) is -0.0210. The molecule has 0 unspecified atom stereocenters. The monoisotopic (exact) mass is 424 g/mol. The number of piperidine rings is 1. The molecule has 1 aromatic carbocycles. The number of carbonyl (C=O) groups is 1. The van der Waals surface area contributed by atoms with Gasteiger partial charge in [-0.2, -0.15) is 4.31 Å². The van der Waals surface area contributed by atoms with Crippen molar-refractivity contribution in [2.24, 2.45) is 5.92 Å². The number of hydrogen-bond acceptors (Lipinski definition) is 5. The second-order valence-corrected chi connectivity index (χ2v) is 10.6. The Bertz CT molecular complexity index is 856. The molecule has 1 saturated heterocycles. The lowest BCUT2D eigenvalue weighted by molar-refractivity contribution is -0.135. The fraction of sp³-hybridized carbons (Fsp3) is 0.421. The largest absolute Gasteiger partial charge is 0.341 e. The summed E-state index contributed by atoms with van der Waals surface area (Å²) >= 11 is 2.93. The molecule has 0 bridgehead atoms. The van der Waals surface area contributed by atoms with Crippen LogP contribution in [0.3, 0.4) is 0 Å². The van der Waals surface area contributed by atoms with Gasteiger partial charge in [-0.05, 0) is 48.2 Å². The van der Waals surface area contributed by atoms with Crippen LogP contribution in [0.4, 0.5) is 0 Å². The van der Waals surface area contributed by atoms with Crippen LogP contribution in [0.15, 0.2) is 50.9 Å². The number of thiophene rings is 1. The highest BCUT2D eigenvalue weighted by Crippen LogP contribution is 2.27. The van der Waals surface area contributed by atoms with Gasteiger partial charge in [-0.25, -0.2) is 8.42 Å². The fourth-order valence-electron chi connectivity index (χ4n) is 3.28. The number of nitrogens with zero attached hydrogens (tertiary/aromatic N) is 2. The number of rotatable bonds is 6. The quantitative estimate of drug-likeness (QED) is 0.666. The first-order valence-electron chi connectivity index (χ1n) is 8.83. The zero-order chi connectivity index (χ0) is 19.4. The Morgan fingerprint density at radius 2 is 1.89 bits per heavy atom. The Morgan fingerprint density at radius 1 is 1.22 bits per heavy atom. The van der Waals surface area contributed by atoms with Gasteiger partial charge in [-0.3, -0.25) is 4.79 Å². The third kappa shape index (κ3) is 4.74. The van der Waals surface area contributed by atoms with E-state index in [9.17, 15) is 13.2 Å². The predicted molar refractivity (Wildman–Crippen MR) is 110 cm³/mol. The van der Waals surface area contributed by atoms with Gasteiger partial charge < -0.3 is 4.90 Å². The molecule has 3 rings (SSSR count). The fourth-order valence-corrected chi connectivity index (χ4v) is 6.30. The maximum atomic E-state index is 12.8. The molecule has 0 aliphatic carbocycles. The first kappa shape index (κ1) is 20.4. The van der Waals surface area contributed by atoms with E-state index < -0.39 is 10.0 Å². The Kier molecular flexibility index (Phi) is 6.62. The van der Waals surface area contributed by atoms with Crippen molar-refractivity contribution in [3.8, 4) is 0 Å². The molecule has 8 heteroatoms. The minimum Gasteiger partial charge on any atom is -0.341 e. The van der Waals surface area contributed by atoms with Gasteiger partial charge in [0.25, 0.3) is 10.0 Å². The normalized spacial score (nSPS) is 16.4. The number of thioether (sulfide) groups is 1. The first-order chi connectivity index (χ1) is 12.9. The summed E-state index contributed by atoms with van der Waals surface area (Å²) in [7, 11) is -1.60. The summed E-state index contributed by atoms with van der Waals surface area (Å²) in [4.78, 5) is 15.7. The third-order valence-electron chi connectivity index (χ3n) is 4.85. The van der Waals surface area contributed by atoms with Crippen LogP contribution in [-0.4, -0.2) is 49.9 Å². The molecule has 1 aromatic heterocycles. The SMILES string of the molecule is CSc1ccc(CN(C)C(=O)C2CCN(S(=O)(=O)c3cccs3)CC2)cc1. The van der Waals surface area contributed by atoms with Crippen molar-refractivity contribution in [1.82, 2.24) is 9.21 Å². The highest BCUT2D eigenvalue weighted by molar-refractivity contribution is 7.98. The van der Waals surface area contributed by atoms with E-state index in [0.717, 1.165) is 5.56 Å². The van der Waals surface area contributed by atoms with Crippen molar-refractivity contribution in [3.05, 3.63) is 47.3 Å². The molecule has 1 aliphatic heterocycles. The van der Waals surface area contributed by atoms with Gasteiger partial charge in [-0.1, -0.05) is 18.2 Å². The molecule has 2 heterocycles. The molecule has 27 heavy (non-hydrogen) atoms. The van der Waals surface area contributed by atoms with Crippen LogP contribution in [-0.2, 0) is 21.4 Å². The molecule has 0 atom stereocenters. The lowest BCUT2D eigenvalue weighted by Gasteiger charge is -2.32. The van der Waals surface area contributed by atoms with E-state index in [1.807, 2.05) is 25.4 Å². The molecular weight excluding hydrogens is 400 g/mol. The van der Waals surface area contributed by atoms with Gasteiger partial charge in [0.2, 0.25) is 5.91 Å². The van der Waals surface area contributed by atoms with Crippen LogP contribution < -0.4 is 0 Å². The maximum Gasteiger partial charge on any atom is 0.252 e. The number of sulfonamides is 1. The molecule has 0 spiro atoms. The average Bonchev–Trinajstić information content (AvgIpc) is 3.24. The molecule has 0 N–H and O–H groups in total. The van der Waals surface area contributed by atoms with Crippen LogP contribution in [0.5, 0.6) is 0 Å². The molecule has 1 amide bonds. The summed E-state index contributed by atoms with van der Waals surface area (Å²) < 4.78 is 27.1. The van der Waals surface area contributed by atoms with Gasteiger partial charge in [0.1, 0.15) is 4.21 Å². The minimum absolute atomic E-state index is 0.0946. The Labute approximate surface area is 169 Å². The molecule has 5 nitrogen and oxygen atoms in total. The van der Waals surface area contributed by atoms with Gasteiger partial charge in [0.05, 0.1) is 0 Å². The van der Waals surface area contributed by atoms with Crippen molar-refractivity contribution < 1.29 is 13.2 Å². The zero-order valence-corrected chi connectivity index (χ0v) is 17.9.